The number of methoxy groups -OCH3 is 2. The van der Waals surface area contributed by atoms with Gasteiger partial charge in [-0.2, -0.15) is 5.26 Å². The molecule has 150 valence electrons. The Bertz CT molecular complexity index is 921. The first-order valence-corrected chi connectivity index (χ1v) is 9.38. The van der Waals surface area contributed by atoms with Crippen LogP contribution in [0.25, 0.3) is 0 Å². The minimum absolute atomic E-state index is 0.115. The van der Waals surface area contributed by atoms with Gasteiger partial charge in [0.15, 0.2) is 0 Å². The molecule has 0 bridgehead atoms. The van der Waals surface area contributed by atoms with Crippen molar-refractivity contribution in [2.24, 2.45) is 5.92 Å². The van der Waals surface area contributed by atoms with Crippen molar-refractivity contribution in [3.63, 3.8) is 0 Å². The zero-order chi connectivity index (χ0) is 20.8. The molecule has 3 rings (SSSR count). The van der Waals surface area contributed by atoms with Gasteiger partial charge in [-0.25, -0.2) is 0 Å². The second-order valence-corrected chi connectivity index (χ2v) is 6.81. The average molecular weight is 393 g/mol. The number of para-hydroxylation sites is 1. The summed E-state index contributed by atoms with van der Waals surface area (Å²) < 4.78 is 10.5. The Morgan fingerprint density at radius 2 is 1.69 bits per heavy atom. The number of hydrogen-bond donors (Lipinski definition) is 1. The number of nitriles is 1. The molecule has 0 aromatic heterocycles. The standard InChI is InChI=1S/C22H23N3O4/c1-28-18-11-17(12-19(13-18)29-2)22(27)25-9-7-15(8-10-25)21(26)24-20-6-4-3-5-16(20)14-23/h3-6,11-13,15H,7-10H2,1-2H3,(H,24,26). The van der Waals surface area contributed by atoms with Crippen LogP contribution in [0, 0.1) is 17.2 Å². The molecule has 1 aliphatic rings. The van der Waals surface area contributed by atoms with Crippen LogP contribution in [0.15, 0.2) is 42.5 Å². The van der Waals surface area contributed by atoms with E-state index in [4.69, 9.17) is 14.7 Å². The van der Waals surface area contributed by atoms with Gasteiger partial charge in [0.2, 0.25) is 5.91 Å². The van der Waals surface area contributed by atoms with Crippen molar-refractivity contribution in [2.45, 2.75) is 12.8 Å². The molecule has 29 heavy (non-hydrogen) atoms. The van der Waals surface area contributed by atoms with E-state index >= 15 is 0 Å². The SMILES string of the molecule is COc1cc(OC)cc(C(=O)N2CCC(C(=O)Nc3ccccc3C#N)CC2)c1. The van der Waals surface area contributed by atoms with E-state index in [0.717, 1.165) is 0 Å². The number of ether oxygens (including phenoxy) is 2. The Kier molecular flexibility index (Phi) is 6.35. The van der Waals surface area contributed by atoms with Crippen LogP contribution in [-0.4, -0.2) is 44.0 Å². The molecular formula is C22H23N3O4. The molecule has 0 radical (unpaired) electrons. The van der Waals surface area contributed by atoms with Gasteiger partial charge in [-0.15, -0.1) is 0 Å². The number of nitrogens with one attached hydrogen (secondary N) is 1. The largest absolute Gasteiger partial charge is 0.497 e. The first kappa shape index (κ1) is 20.2. The van der Waals surface area contributed by atoms with Crippen molar-refractivity contribution in [3.05, 3.63) is 53.6 Å². The van der Waals surface area contributed by atoms with Crippen molar-refractivity contribution in [3.8, 4) is 17.6 Å². The zero-order valence-corrected chi connectivity index (χ0v) is 16.5. The monoisotopic (exact) mass is 393 g/mol. The number of carbonyl (C=O) groups excluding carboxylic acids is 2. The smallest absolute Gasteiger partial charge is 0.254 e. The Morgan fingerprint density at radius 3 is 2.28 bits per heavy atom. The van der Waals surface area contributed by atoms with Crippen LogP contribution in [0.2, 0.25) is 0 Å². The number of carbonyl (C=O) groups is 2. The molecule has 7 nitrogen and oxygen atoms in total. The molecule has 0 spiro atoms. The molecule has 2 aromatic carbocycles. The molecule has 1 aliphatic heterocycles. The number of anilines is 1. The third kappa shape index (κ3) is 4.66. The third-order valence-corrected chi connectivity index (χ3v) is 5.06. The molecule has 2 aromatic rings. The quantitative estimate of drug-likeness (QED) is 0.843. The highest BCUT2D eigenvalue weighted by molar-refractivity contribution is 5.96. The minimum atomic E-state index is -0.203. The molecule has 1 fully saturated rings. The van der Waals surface area contributed by atoms with Crippen molar-refractivity contribution < 1.29 is 19.1 Å². The van der Waals surface area contributed by atoms with E-state index in [1.165, 1.54) is 14.2 Å². The molecule has 1 saturated heterocycles. The lowest BCUT2D eigenvalue weighted by Gasteiger charge is -2.31. The van der Waals surface area contributed by atoms with Crippen molar-refractivity contribution in [1.29, 1.82) is 5.26 Å². The van der Waals surface area contributed by atoms with E-state index < -0.39 is 0 Å². The van der Waals surface area contributed by atoms with Crippen LogP contribution in [0.3, 0.4) is 0 Å². The van der Waals surface area contributed by atoms with E-state index in [-0.39, 0.29) is 17.7 Å². The predicted octanol–water partition coefficient (Wildman–Crippen LogP) is 3.07. The molecular weight excluding hydrogens is 370 g/mol. The Labute approximate surface area is 169 Å². The highest BCUT2D eigenvalue weighted by Gasteiger charge is 2.28. The molecule has 1 heterocycles. The first-order valence-electron chi connectivity index (χ1n) is 9.38. The van der Waals surface area contributed by atoms with E-state index in [1.807, 2.05) is 0 Å². The maximum atomic E-state index is 12.9. The van der Waals surface area contributed by atoms with E-state index in [2.05, 4.69) is 11.4 Å². The van der Waals surface area contributed by atoms with Gasteiger partial charge in [-0.05, 0) is 37.1 Å². The van der Waals surface area contributed by atoms with Crippen molar-refractivity contribution in [2.75, 3.05) is 32.6 Å². The second kappa shape index (κ2) is 9.11. The number of nitrogens with zero attached hydrogens (tertiary/aromatic N) is 2. The number of piperidine rings is 1. The van der Waals surface area contributed by atoms with Crippen LogP contribution in [0.4, 0.5) is 5.69 Å². The summed E-state index contributed by atoms with van der Waals surface area (Å²) in [6.07, 6.45) is 1.13. The number of amides is 2. The lowest BCUT2D eigenvalue weighted by atomic mass is 9.95. The molecule has 0 atom stereocenters. The van der Waals surface area contributed by atoms with Gasteiger partial charge >= 0.3 is 0 Å². The highest BCUT2D eigenvalue weighted by Crippen LogP contribution is 2.26. The van der Waals surface area contributed by atoms with Gasteiger partial charge in [0, 0.05) is 30.6 Å². The van der Waals surface area contributed by atoms with Gasteiger partial charge in [0.1, 0.15) is 17.6 Å². The van der Waals surface area contributed by atoms with Gasteiger partial charge < -0.3 is 19.7 Å². The van der Waals surface area contributed by atoms with E-state index in [0.29, 0.717) is 54.2 Å². The Balaban J connectivity index is 1.62. The summed E-state index contributed by atoms with van der Waals surface area (Å²) in [6, 6.07) is 14.1. The van der Waals surface area contributed by atoms with Crippen LogP contribution < -0.4 is 14.8 Å². The topological polar surface area (TPSA) is 91.7 Å². The maximum absolute atomic E-state index is 12.9. The molecule has 0 saturated carbocycles. The average Bonchev–Trinajstić information content (AvgIpc) is 2.78. The normalized spacial score (nSPS) is 14.0. The fraction of sp³-hybridized carbons (Fsp3) is 0.318. The van der Waals surface area contributed by atoms with Gasteiger partial charge in [0.25, 0.3) is 5.91 Å². The number of benzene rings is 2. The summed E-state index contributed by atoms with van der Waals surface area (Å²) in [7, 11) is 3.08. The molecule has 1 N–H and O–H groups in total. The highest BCUT2D eigenvalue weighted by atomic mass is 16.5. The summed E-state index contributed by atoms with van der Waals surface area (Å²) in [5, 5.41) is 12.0. The summed E-state index contributed by atoms with van der Waals surface area (Å²) in [4.78, 5) is 27.2. The van der Waals surface area contributed by atoms with E-state index in [1.54, 1.807) is 47.4 Å². The molecule has 0 unspecified atom stereocenters. The van der Waals surface area contributed by atoms with Crippen LogP contribution in [0.1, 0.15) is 28.8 Å². The van der Waals surface area contributed by atoms with Gasteiger partial charge in [-0.1, -0.05) is 12.1 Å². The second-order valence-electron chi connectivity index (χ2n) is 6.81. The Morgan fingerprint density at radius 1 is 1.07 bits per heavy atom. The van der Waals surface area contributed by atoms with Gasteiger partial charge in [-0.3, -0.25) is 9.59 Å². The molecule has 2 amide bonds. The fourth-order valence-electron chi connectivity index (χ4n) is 3.38. The van der Waals surface area contributed by atoms with Crippen LogP contribution >= 0.6 is 0 Å². The zero-order valence-electron chi connectivity index (χ0n) is 16.5. The van der Waals surface area contributed by atoms with Crippen LogP contribution in [0.5, 0.6) is 11.5 Å². The predicted molar refractivity (Wildman–Crippen MR) is 108 cm³/mol. The molecule has 0 aliphatic carbocycles. The number of rotatable bonds is 5. The fourth-order valence-corrected chi connectivity index (χ4v) is 3.38. The number of likely N-dealkylation sites (tertiary alicyclic amines) is 1. The van der Waals surface area contributed by atoms with Crippen LogP contribution in [-0.2, 0) is 4.79 Å². The first-order chi connectivity index (χ1) is 14.0. The molecule has 7 heteroatoms. The maximum Gasteiger partial charge on any atom is 0.254 e. The van der Waals surface area contributed by atoms with Gasteiger partial charge in [0.05, 0.1) is 25.5 Å². The Hall–Kier alpha value is -3.53. The van der Waals surface area contributed by atoms with Crippen molar-refractivity contribution in [1.82, 2.24) is 4.90 Å². The summed E-state index contributed by atoms with van der Waals surface area (Å²) in [5.74, 6) is 0.667. The summed E-state index contributed by atoms with van der Waals surface area (Å²) in [5.41, 5.74) is 1.44. The lowest BCUT2D eigenvalue weighted by Crippen LogP contribution is -2.41. The van der Waals surface area contributed by atoms with E-state index in [9.17, 15) is 9.59 Å². The minimum Gasteiger partial charge on any atom is -0.497 e. The lowest BCUT2D eigenvalue weighted by molar-refractivity contribution is -0.121. The summed E-state index contributed by atoms with van der Waals surface area (Å²) >= 11 is 0. The third-order valence-electron chi connectivity index (χ3n) is 5.06. The number of hydrogen-bond acceptors (Lipinski definition) is 5. The summed E-state index contributed by atoms with van der Waals surface area (Å²) in [6.45, 7) is 0.965. The van der Waals surface area contributed by atoms with Crippen molar-refractivity contribution >= 4 is 17.5 Å².